The summed E-state index contributed by atoms with van der Waals surface area (Å²) in [6.07, 6.45) is 10.6. The molecule has 4 rings (SSSR count). The third kappa shape index (κ3) is 4.90. The van der Waals surface area contributed by atoms with Crippen LogP contribution >= 0.6 is 0 Å². The highest BCUT2D eigenvalue weighted by Crippen LogP contribution is 2.46. The Bertz CT molecular complexity index is 1110. The van der Waals surface area contributed by atoms with Crippen LogP contribution in [0, 0.1) is 5.92 Å². The van der Waals surface area contributed by atoms with Crippen molar-refractivity contribution in [2.75, 3.05) is 25.9 Å². The van der Waals surface area contributed by atoms with Crippen molar-refractivity contribution in [1.29, 1.82) is 0 Å². The third-order valence-electron chi connectivity index (χ3n) is 7.50. The van der Waals surface area contributed by atoms with E-state index in [1.807, 2.05) is 0 Å². The number of nitrogen functional groups attached to an aromatic ring is 1. The molecule has 2 N–H and O–H groups in total. The lowest BCUT2D eigenvalue weighted by Gasteiger charge is -2.34. The van der Waals surface area contributed by atoms with E-state index in [2.05, 4.69) is 88.0 Å². The smallest absolute Gasteiger partial charge is 0.0521 e. The highest BCUT2D eigenvalue weighted by atomic mass is 15.1. The van der Waals surface area contributed by atoms with Crippen LogP contribution in [-0.4, -0.2) is 30.7 Å². The van der Waals surface area contributed by atoms with Crippen molar-refractivity contribution in [1.82, 2.24) is 4.90 Å². The molecule has 0 aromatic heterocycles. The fourth-order valence-electron chi connectivity index (χ4n) is 6.02. The monoisotopic (exact) mass is 455 g/mol. The summed E-state index contributed by atoms with van der Waals surface area (Å²) in [6, 6.07) is 13.4. The Hall–Kier alpha value is -2.65. The van der Waals surface area contributed by atoms with Gasteiger partial charge in [0.15, 0.2) is 0 Å². The van der Waals surface area contributed by atoms with Gasteiger partial charge in [-0.3, -0.25) is 4.99 Å². The largest absolute Gasteiger partial charge is 0.398 e. The van der Waals surface area contributed by atoms with Gasteiger partial charge in [0.1, 0.15) is 0 Å². The number of nitrogens with two attached hydrogens (primary N) is 1. The zero-order chi connectivity index (χ0) is 24.3. The molecule has 1 aliphatic heterocycles. The van der Waals surface area contributed by atoms with Crippen LogP contribution in [0.15, 0.2) is 60.2 Å². The summed E-state index contributed by atoms with van der Waals surface area (Å²) < 4.78 is 0. The van der Waals surface area contributed by atoms with Crippen LogP contribution < -0.4 is 5.73 Å². The van der Waals surface area contributed by atoms with Crippen LogP contribution in [0.25, 0.3) is 5.57 Å². The van der Waals surface area contributed by atoms with Crippen LogP contribution in [0.2, 0.25) is 0 Å². The van der Waals surface area contributed by atoms with Gasteiger partial charge in [-0.25, -0.2) is 0 Å². The quantitative estimate of drug-likeness (QED) is 0.316. The molecule has 2 aliphatic rings. The Morgan fingerprint density at radius 3 is 2.76 bits per heavy atom. The molecule has 2 aromatic carbocycles. The van der Waals surface area contributed by atoms with Gasteiger partial charge in [-0.2, -0.15) is 0 Å². The maximum atomic E-state index is 6.39. The van der Waals surface area contributed by atoms with Gasteiger partial charge in [0, 0.05) is 30.3 Å². The lowest BCUT2D eigenvalue weighted by Crippen LogP contribution is -2.37. The fourth-order valence-corrected chi connectivity index (χ4v) is 6.02. The second-order valence-corrected chi connectivity index (χ2v) is 10.8. The molecule has 1 unspecified atom stereocenters. The molecule has 2 aromatic rings. The number of rotatable bonds is 10. The summed E-state index contributed by atoms with van der Waals surface area (Å²) in [6.45, 7) is 13.1. The van der Waals surface area contributed by atoms with E-state index in [4.69, 9.17) is 10.7 Å². The first-order chi connectivity index (χ1) is 16.4. The van der Waals surface area contributed by atoms with Gasteiger partial charge in [-0.05, 0) is 91.1 Å². The van der Waals surface area contributed by atoms with Crippen molar-refractivity contribution < 1.29 is 0 Å². The van der Waals surface area contributed by atoms with Crippen molar-refractivity contribution in [3.05, 3.63) is 83.1 Å². The summed E-state index contributed by atoms with van der Waals surface area (Å²) in [7, 11) is 2.26. The first-order valence-electron chi connectivity index (χ1n) is 12.9. The summed E-state index contributed by atoms with van der Waals surface area (Å²) in [4.78, 5) is 7.34. The van der Waals surface area contributed by atoms with Crippen molar-refractivity contribution >= 4 is 17.0 Å². The van der Waals surface area contributed by atoms with Crippen molar-refractivity contribution in [3.63, 3.8) is 0 Å². The lowest BCUT2D eigenvalue weighted by atomic mass is 9.77. The van der Waals surface area contributed by atoms with E-state index in [1.165, 1.54) is 40.7 Å². The van der Waals surface area contributed by atoms with Gasteiger partial charge in [0.2, 0.25) is 0 Å². The first kappa shape index (κ1) is 24.5. The normalized spacial score (nSPS) is 19.5. The molecular weight excluding hydrogens is 414 g/mol. The zero-order valence-corrected chi connectivity index (χ0v) is 21.5. The van der Waals surface area contributed by atoms with Gasteiger partial charge in [0.25, 0.3) is 0 Å². The molecule has 3 nitrogen and oxygen atoms in total. The maximum absolute atomic E-state index is 6.39. The fraction of sp³-hybridized carbons (Fsp3) is 0.452. The van der Waals surface area contributed by atoms with E-state index >= 15 is 0 Å². The molecule has 0 radical (unpaired) electrons. The lowest BCUT2D eigenvalue weighted by molar-refractivity contribution is 0.242. The number of benzene rings is 2. The van der Waals surface area contributed by atoms with Crippen LogP contribution in [-0.2, 0) is 18.3 Å². The minimum atomic E-state index is 0.167. The van der Waals surface area contributed by atoms with E-state index < -0.39 is 0 Å². The maximum Gasteiger partial charge on any atom is 0.0521 e. The zero-order valence-electron chi connectivity index (χ0n) is 21.5. The number of anilines is 1. The Labute approximate surface area is 206 Å². The number of hydrogen-bond acceptors (Lipinski definition) is 3. The minimum absolute atomic E-state index is 0.167. The first-order valence-corrected chi connectivity index (χ1v) is 12.9. The molecule has 1 aliphatic carbocycles. The summed E-state index contributed by atoms with van der Waals surface area (Å²) in [5, 5.41) is 0. The van der Waals surface area contributed by atoms with Crippen LogP contribution in [0.4, 0.5) is 5.69 Å². The van der Waals surface area contributed by atoms with Gasteiger partial charge >= 0.3 is 0 Å². The highest BCUT2D eigenvalue weighted by Gasteiger charge is 2.39. The summed E-state index contributed by atoms with van der Waals surface area (Å²) in [5.41, 5.74) is 16.7. The summed E-state index contributed by atoms with van der Waals surface area (Å²) >= 11 is 0. The average molecular weight is 456 g/mol. The second-order valence-electron chi connectivity index (χ2n) is 10.8. The van der Waals surface area contributed by atoms with Crippen LogP contribution in [0.5, 0.6) is 0 Å². The van der Waals surface area contributed by atoms with Gasteiger partial charge in [-0.15, -0.1) is 6.58 Å². The van der Waals surface area contributed by atoms with E-state index in [1.54, 1.807) is 0 Å². The van der Waals surface area contributed by atoms with Crippen molar-refractivity contribution in [2.45, 2.75) is 64.7 Å². The van der Waals surface area contributed by atoms with E-state index in [0.717, 1.165) is 55.7 Å². The molecule has 0 amide bonds. The predicted molar refractivity (Wildman–Crippen MR) is 148 cm³/mol. The summed E-state index contributed by atoms with van der Waals surface area (Å²) in [5.74, 6) is 0.598. The molecule has 3 heteroatoms. The number of aliphatic imine (C=N–C) groups is 1. The third-order valence-corrected chi connectivity index (χ3v) is 7.50. The molecule has 0 saturated carbocycles. The van der Waals surface area contributed by atoms with Gasteiger partial charge in [0.05, 0.1) is 5.71 Å². The topological polar surface area (TPSA) is 41.6 Å². The molecule has 0 saturated heterocycles. The number of likely N-dealkylation sites (N-methyl/N-ethyl adjacent to an activating group) is 1. The molecule has 34 heavy (non-hydrogen) atoms. The standard InChI is InChI=1S/C31H41N3/c1-6-14-31(21-34(5)16-7-2)15-13-27-26(9-8-10-28(27)31)25-19-30(33-20-25)24-12-11-23(17-22(3)4)29(32)18-24/h6,8-12,18,20,22H,1,7,13-17,19,21,32H2,2-5H3. The Morgan fingerprint density at radius 2 is 2.06 bits per heavy atom. The molecule has 0 bridgehead atoms. The molecule has 0 fully saturated rings. The van der Waals surface area contributed by atoms with E-state index in [-0.39, 0.29) is 5.41 Å². The van der Waals surface area contributed by atoms with Gasteiger partial charge < -0.3 is 10.6 Å². The minimum Gasteiger partial charge on any atom is -0.398 e. The van der Waals surface area contributed by atoms with Crippen molar-refractivity contribution in [2.24, 2.45) is 10.9 Å². The second kappa shape index (κ2) is 10.3. The average Bonchev–Trinajstić information content (AvgIpc) is 3.41. The number of hydrogen-bond donors (Lipinski definition) is 1. The predicted octanol–water partition coefficient (Wildman–Crippen LogP) is 6.80. The molecule has 1 heterocycles. The SMILES string of the molecule is C=CCC1(CN(C)CCC)CCc2c(C3=CN=C(c4ccc(CC(C)C)c(N)c4)C3)cccc21. The Balaban J connectivity index is 1.57. The van der Waals surface area contributed by atoms with E-state index in [9.17, 15) is 0 Å². The highest BCUT2D eigenvalue weighted by molar-refractivity contribution is 6.09. The van der Waals surface area contributed by atoms with Crippen LogP contribution in [0.3, 0.4) is 0 Å². The molecule has 1 atom stereocenters. The number of fused-ring (bicyclic) bond motifs is 1. The number of allylic oxidation sites excluding steroid dienone is 2. The molecule has 180 valence electrons. The van der Waals surface area contributed by atoms with E-state index in [0.29, 0.717) is 5.92 Å². The van der Waals surface area contributed by atoms with Gasteiger partial charge in [-0.1, -0.05) is 57.2 Å². The number of nitrogens with zero attached hydrogens (tertiary/aromatic N) is 2. The Kier molecular flexibility index (Phi) is 7.42. The molecular formula is C31H41N3. The van der Waals surface area contributed by atoms with Crippen molar-refractivity contribution in [3.8, 4) is 0 Å². The Morgan fingerprint density at radius 1 is 1.24 bits per heavy atom. The van der Waals surface area contributed by atoms with Crippen LogP contribution in [0.1, 0.15) is 74.3 Å². The molecule has 0 spiro atoms.